The minimum absolute atomic E-state index is 0.0662. The molecule has 4 rings (SSSR count). The number of thiophene rings is 1. The number of hydrogen-bond donors (Lipinski definition) is 3. The number of ether oxygens (including phenoxy) is 1. The first-order valence-electron chi connectivity index (χ1n) is 14.0. The predicted molar refractivity (Wildman–Crippen MR) is 154 cm³/mol. The maximum atomic E-state index is 13.5. The first-order valence-corrected chi connectivity index (χ1v) is 14.9. The predicted octanol–water partition coefficient (Wildman–Crippen LogP) is 4.26. The van der Waals surface area contributed by atoms with Gasteiger partial charge in [0.25, 0.3) is 0 Å². The maximum absolute atomic E-state index is 13.5. The number of hydrogen-bond acceptors (Lipinski definition) is 6. The van der Waals surface area contributed by atoms with E-state index in [1.165, 1.54) is 0 Å². The number of aryl methyl sites for hydroxylation is 1. The largest absolute Gasteiger partial charge is 0.445 e. The highest BCUT2D eigenvalue weighted by molar-refractivity contribution is 7.10. The van der Waals surface area contributed by atoms with Crippen molar-refractivity contribution in [3.63, 3.8) is 0 Å². The number of benzene rings is 1. The van der Waals surface area contributed by atoms with Gasteiger partial charge in [0, 0.05) is 31.1 Å². The van der Waals surface area contributed by atoms with Crippen molar-refractivity contribution in [3.05, 3.63) is 52.2 Å². The molecule has 216 valence electrons. The summed E-state index contributed by atoms with van der Waals surface area (Å²) < 4.78 is 5.22. The fraction of sp³-hybridized carbons (Fsp3) is 0.517. The summed E-state index contributed by atoms with van der Waals surface area (Å²) in [5.74, 6) is -0.203. The molecule has 2 fully saturated rings. The number of rotatable bonds is 10. The molecule has 0 unspecified atom stereocenters. The zero-order valence-electron chi connectivity index (χ0n) is 23.2. The van der Waals surface area contributed by atoms with E-state index in [-0.39, 0.29) is 24.5 Å². The highest BCUT2D eigenvalue weighted by Crippen LogP contribution is 2.34. The molecule has 3 heterocycles. The lowest BCUT2D eigenvalue weighted by Crippen LogP contribution is -2.73. The number of alkyl carbamates (subject to hydrolysis) is 1. The number of piperidine rings is 1. The number of nitrogens with one attached hydrogen (secondary N) is 3. The third kappa shape index (κ3) is 6.93. The van der Waals surface area contributed by atoms with Gasteiger partial charge in [0.2, 0.25) is 11.8 Å². The first-order chi connectivity index (χ1) is 19.3. The van der Waals surface area contributed by atoms with Gasteiger partial charge in [-0.2, -0.15) is 0 Å². The van der Waals surface area contributed by atoms with E-state index in [1.807, 2.05) is 55.6 Å². The van der Waals surface area contributed by atoms with Crippen molar-refractivity contribution in [1.29, 1.82) is 0 Å². The van der Waals surface area contributed by atoms with Crippen LogP contribution in [0.1, 0.15) is 55.9 Å². The van der Waals surface area contributed by atoms with Crippen molar-refractivity contribution in [3.8, 4) is 0 Å². The van der Waals surface area contributed by atoms with Crippen LogP contribution < -0.4 is 16.0 Å². The number of likely N-dealkylation sites (tertiary alicyclic amines) is 1. The van der Waals surface area contributed by atoms with Crippen molar-refractivity contribution in [2.75, 3.05) is 31.5 Å². The summed E-state index contributed by atoms with van der Waals surface area (Å²) in [6, 6.07) is 10.6. The number of piperazine rings is 1. The number of unbranched alkanes of at least 4 members (excludes halogenated alkanes) is 1. The molecule has 1 atom stereocenters. The molecule has 1 spiro atoms. The molecule has 40 heavy (non-hydrogen) atoms. The van der Waals surface area contributed by atoms with Crippen LogP contribution in [0.15, 0.2) is 41.8 Å². The second-order valence-electron chi connectivity index (χ2n) is 10.3. The number of nitrogens with zero attached hydrogens (tertiary/aromatic N) is 2. The fourth-order valence-corrected chi connectivity index (χ4v) is 6.00. The molecule has 0 radical (unpaired) electrons. The quantitative estimate of drug-likeness (QED) is 0.370. The number of anilines is 1. The van der Waals surface area contributed by atoms with E-state index < -0.39 is 17.7 Å². The second kappa shape index (κ2) is 13.6. The zero-order chi connectivity index (χ0) is 28.5. The Balaban J connectivity index is 1.23. The van der Waals surface area contributed by atoms with Gasteiger partial charge >= 0.3 is 12.1 Å². The van der Waals surface area contributed by atoms with E-state index in [2.05, 4.69) is 16.0 Å². The normalized spacial score (nSPS) is 18.4. The first kappa shape index (κ1) is 29.4. The Kier molecular flexibility index (Phi) is 10.0. The van der Waals surface area contributed by atoms with E-state index in [0.29, 0.717) is 58.3 Å². The lowest BCUT2D eigenvalue weighted by Gasteiger charge is -2.51. The Morgan fingerprint density at radius 2 is 1.88 bits per heavy atom. The van der Waals surface area contributed by atoms with E-state index in [9.17, 15) is 19.2 Å². The van der Waals surface area contributed by atoms with Crippen LogP contribution in [0.25, 0.3) is 0 Å². The Hall–Kier alpha value is -3.60. The van der Waals surface area contributed by atoms with Crippen LogP contribution in [0, 0.1) is 6.92 Å². The van der Waals surface area contributed by atoms with Gasteiger partial charge < -0.3 is 30.5 Å². The Bertz CT molecular complexity index is 1180. The monoisotopic (exact) mass is 569 g/mol. The van der Waals surface area contributed by atoms with Crippen LogP contribution in [-0.2, 0) is 20.9 Å². The van der Waals surface area contributed by atoms with Gasteiger partial charge in [-0.05, 0) is 62.5 Å². The Labute approximate surface area is 239 Å². The van der Waals surface area contributed by atoms with Gasteiger partial charge in [0.15, 0.2) is 0 Å². The second-order valence-corrected chi connectivity index (χ2v) is 11.5. The molecular formula is C29H39N5O5S. The molecule has 0 aliphatic carbocycles. The minimum Gasteiger partial charge on any atom is -0.445 e. The van der Waals surface area contributed by atoms with Gasteiger partial charge in [0.05, 0.1) is 5.69 Å². The van der Waals surface area contributed by atoms with Crippen molar-refractivity contribution in [2.45, 2.75) is 70.6 Å². The lowest BCUT2D eigenvalue weighted by atomic mass is 9.81. The average molecular weight is 570 g/mol. The summed E-state index contributed by atoms with van der Waals surface area (Å²) in [7, 11) is 0. The van der Waals surface area contributed by atoms with E-state index in [0.717, 1.165) is 22.5 Å². The number of urea groups is 1. The molecule has 11 heteroatoms. The molecule has 2 aliphatic heterocycles. The van der Waals surface area contributed by atoms with Crippen molar-refractivity contribution >= 4 is 41.0 Å². The summed E-state index contributed by atoms with van der Waals surface area (Å²) in [4.78, 5) is 56.3. The standard InChI is InChI=1S/C29H39N5O5S/c1-3-16-34-25(35)24(11-7-8-15-30-28(38)39-20-22-9-5-4-6-10-22)31-26(36)29(34)13-17-33(18-14-29)27(37)32-23-12-19-40-21(23)2/h4-6,9-10,12,19,24H,3,7-8,11,13-18,20H2,1-2H3,(H,30,38)(H,31,36)(H,32,37)/t24-/m0/s1. The van der Waals surface area contributed by atoms with Gasteiger partial charge in [0.1, 0.15) is 18.2 Å². The smallest absolute Gasteiger partial charge is 0.407 e. The SMILES string of the molecule is CCCN1C(=O)[C@H](CCCCNC(=O)OCc2ccccc2)NC(=O)C12CCN(C(=O)Nc1ccsc1C)CC2. The van der Waals surface area contributed by atoms with Gasteiger partial charge in [-0.15, -0.1) is 11.3 Å². The summed E-state index contributed by atoms with van der Waals surface area (Å²) in [5, 5.41) is 10.6. The number of amides is 5. The highest BCUT2D eigenvalue weighted by Gasteiger charge is 2.53. The van der Waals surface area contributed by atoms with Crippen molar-refractivity contribution in [2.24, 2.45) is 0 Å². The van der Waals surface area contributed by atoms with Gasteiger partial charge in [-0.1, -0.05) is 37.3 Å². The number of carbonyl (C=O) groups is 4. The molecule has 1 aromatic carbocycles. The molecular weight excluding hydrogens is 530 g/mol. The maximum Gasteiger partial charge on any atom is 0.407 e. The van der Waals surface area contributed by atoms with Crippen LogP contribution in [0.3, 0.4) is 0 Å². The molecule has 5 amide bonds. The fourth-order valence-electron chi connectivity index (χ4n) is 5.34. The Morgan fingerprint density at radius 3 is 2.55 bits per heavy atom. The van der Waals surface area contributed by atoms with Crippen LogP contribution >= 0.6 is 11.3 Å². The lowest BCUT2D eigenvalue weighted by molar-refractivity contribution is -0.160. The van der Waals surface area contributed by atoms with Gasteiger partial charge in [-0.3, -0.25) is 9.59 Å². The molecule has 2 aromatic rings. The highest BCUT2D eigenvalue weighted by atomic mass is 32.1. The third-order valence-electron chi connectivity index (χ3n) is 7.64. The third-order valence-corrected chi connectivity index (χ3v) is 8.48. The van der Waals surface area contributed by atoms with Crippen LogP contribution in [-0.4, -0.2) is 71.5 Å². The van der Waals surface area contributed by atoms with Crippen LogP contribution in [0.2, 0.25) is 0 Å². The van der Waals surface area contributed by atoms with E-state index in [1.54, 1.807) is 21.1 Å². The topological polar surface area (TPSA) is 120 Å². The van der Waals surface area contributed by atoms with Crippen molar-refractivity contribution in [1.82, 2.24) is 20.4 Å². The molecule has 0 saturated carbocycles. The molecule has 1 aromatic heterocycles. The van der Waals surface area contributed by atoms with Crippen LogP contribution in [0.4, 0.5) is 15.3 Å². The van der Waals surface area contributed by atoms with Gasteiger partial charge in [-0.25, -0.2) is 9.59 Å². The summed E-state index contributed by atoms with van der Waals surface area (Å²) >= 11 is 1.57. The van der Waals surface area contributed by atoms with Crippen LogP contribution in [0.5, 0.6) is 0 Å². The van der Waals surface area contributed by atoms with E-state index in [4.69, 9.17) is 4.74 Å². The Morgan fingerprint density at radius 1 is 1.12 bits per heavy atom. The number of carbonyl (C=O) groups excluding carboxylic acids is 4. The molecule has 2 aliphatic rings. The molecule has 3 N–H and O–H groups in total. The van der Waals surface area contributed by atoms with Crippen molar-refractivity contribution < 1.29 is 23.9 Å². The molecule has 2 saturated heterocycles. The van der Waals surface area contributed by atoms with E-state index >= 15 is 0 Å². The summed E-state index contributed by atoms with van der Waals surface area (Å²) in [6.07, 6.45) is 2.89. The average Bonchev–Trinajstić information content (AvgIpc) is 3.37. The summed E-state index contributed by atoms with van der Waals surface area (Å²) in [6.45, 7) is 5.88. The summed E-state index contributed by atoms with van der Waals surface area (Å²) in [5.41, 5.74) is 0.791. The molecule has 0 bridgehead atoms. The zero-order valence-corrected chi connectivity index (χ0v) is 24.1. The molecule has 10 nitrogen and oxygen atoms in total. The minimum atomic E-state index is -0.928.